The lowest BCUT2D eigenvalue weighted by atomic mass is 9.80. The summed E-state index contributed by atoms with van der Waals surface area (Å²) in [6, 6.07) is 25.4. The van der Waals surface area contributed by atoms with E-state index in [0.717, 1.165) is 65.6 Å². The summed E-state index contributed by atoms with van der Waals surface area (Å²) < 4.78 is 71.5. The number of aryl methyl sites for hydroxylation is 2. The van der Waals surface area contributed by atoms with E-state index in [4.69, 9.17) is 119 Å². The second-order valence-electron chi connectivity index (χ2n) is 25.3. The van der Waals surface area contributed by atoms with Crippen LogP contribution in [0.15, 0.2) is 127 Å². The smallest absolute Gasteiger partial charge is 0.491 e. The van der Waals surface area contributed by atoms with Crippen molar-refractivity contribution in [3.63, 3.8) is 0 Å². The summed E-state index contributed by atoms with van der Waals surface area (Å²) in [5.74, 6) is 2.20. The van der Waals surface area contributed by atoms with E-state index in [1.807, 2.05) is 83.2 Å². The number of nitrogen functional groups attached to an aromatic ring is 1. The van der Waals surface area contributed by atoms with Crippen molar-refractivity contribution in [1.29, 1.82) is 10.5 Å². The minimum absolute atomic E-state index is 0.117. The van der Waals surface area contributed by atoms with Crippen LogP contribution in [0.5, 0.6) is 46.5 Å². The Hall–Kier alpha value is -10.9. The molecule has 1 fully saturated rings. The summed E-state index contributed by atoms with van der Waals surface area (Å²) in [6.45, 7) is 12.4. The number of anilines is 2. The van der Waals surface area contributed by atoms with Crippen molar-refractivity contribution in [2.75, 3.05) is 88.8 Å². The van der Waals surface area contributed by atoms with Gasteiger partial charge in [-0.25, -0.2) is 34.3 Å². The highest BCUT2D eigenvalue weighted by Crippen LogP contribution is 2.41. The molecule has 604 valence electrons. The second kappa shape index (κ2) is 41.9. The van der Waals surface area contributed by atoms with Crippen LogP contribution < -0.4 is 54.0 Å². The molecular formula is C79H81BBr2Cl4N12O17. The standard InChI is InChI=1S/C20H16ClN5O3.C16H15BrClNO4.C16H16ClNO4.C13H20BNO4.C9H8BrClO2.C5H6N4/c1-28-17-7-13(8-23-19(17)29-2)12-5-14-10-26(20(27)18(14)16(21)6-12)15-9-24-25(11-15)4-3-22;1-21-13-6-11(8-19-15(13)22-2)9-4-10(7-17)14(12(18)5-9)16(20)23-3;1-9-5-10(6-12(17)14(9)16(19)22-4)11-7-13(20-2)15(21-3)18-8-11;1-12(2)13(3,4)19-14(18-12)9-7-10(16-5)11(17-6)15-8-9;1-5-3-6(10)4-7(11)8(5)9(12)13-2;6-1-2-9-4-5(7)3-8-9/h5-9,11H,4,10H2,1-2H3;4-6,8H,7H2,1-3H3;5-8H,1-4H3;7-8H,1-6H3;3-4H,1-2H3;3-4H,2,7H2. The van der Waals surface area contributed by atoms with Crippen molar-refractivity contribution >= 4 is 126 Å². The number of nitriles is 2. The zero-order valence-corrected chi connectivity index (χ0v) is 71.9. The maximum atomic E-state index is 12.9. The Kier molecular flexibility index (Phi) is 33.3. The number of hydrogen-bond acceptors (Lipinski definition) is 26. The summed E-state index contributed by atoms with van der Waals surface area (Å²) >= 11 is 31.5. The maximum Gasteiger partial charge on any atom is 0.496 e. The van der Waals surface area contributed by atoms with Crippen molar-refractivity contribution in [3.8, 4) is 92.0 Å². The summed E-state index contributed by atoms with van der Waals surface area (Å²) in [5, 5.41) is 26.7. The average Bonchev–Trinajstić information content (AvgIpc) is 1.63. The molecular weight excluding hydrogens is 1700 g/mol. The fraction of sp³-hybridized carbons (Fsp3) is 0.291. The number of esters is 3. The third-order valence-corrected chi connectivity index (χ3v) is 19.8. The molecule has 0 saturated carbocycles. The quantitative estimate of drug-likeness (QED) is 0.0340. The number of rotatable bonds is 19. The van der Waals surface area contributed by atoms with E-state index in [1.165, 1.54) is 58.2 Å². The fourth-order valence-electron chi connectivity index (χ4n) is 11.1. The highest BCUT2D eigenvalue weighted by atomic mass is 79.9. The van der Waals surface area contributed by atoms with E-state index in [1.54, 1.807) is 127 Å². The van der Waals surface area contributed by atoms with Crippen molar-refractivity contribution < 1.29 is 80.6 Å². The molecule has 36 heteroatoms. The van der Waals surface area contributed by atoms with Gasteiger partial charge in [0.15, 0.2) is 23.0 Å². The van der Waals surface area contributed by atoms with E-state index < -0.39 is 25.0 Å². The number of pyridine rings is 4. The first kappa shape index (κ1) is 91.2. The Morgan fingerprint density at radius 1 is 0.513 bits per heavy atom. The minimum atomic E-state index is -0.471. The number of nitrogens with zero attached hydrogens (tertiary/aromatic N) is 11. The summed E-state index contributed by atoms with van der Waals surface area (Å²) in [5.41, 5.74) is 16.1. The number of alkyl halides is 1. The molecule has 8 heterocycles. The summed E-state index contributed by atoms with van der Waals surface area (Å²) in [6.07, 6.45) is 13.0. The average molecular weight is 1780 g/mol. The van der Waals surface area contributed by atoms with E-state index in [-0.39, 0.29) is 30.2 Å². The van der Waals surface area contributed by atoms with Gasteiger partial charge in [-0.15, -0.1) is 0 Å². The first-order valence-corrected chi connectivity index (χ1v) is 37.5. The van der Waals surface area contributed by atoms with Crippen molar-refractivity contribution in [2.24, 2.45) is 0 Å². The molecule has 2 N–H and O–H groups in total. The molecule has 6 aromatic heterocycles. The van der Waals surface area contributed by atoms with Crippen LogP contribution in [0, 0.1) is 36.5 Å². The molecule has 0 unspecified atom stereocenters. The van der Waals surface area contributed by atoms with Gasteiger partial charge in [0.1, 0.15) is 13.1 Å². The van der Waals surface area contributed by atoms with Gasteiger partial charge in [0.2, 0.25) is 0 Å². The van der Waals surface area contributed by atoms with Crippen LogP contribution >= 0.6 is 78.3 Å². The molecule has 4 aromatic carbocycles. The number of carbonyl (C=O) groups is 4. The number of fused-ring (bicyclic) bond motifs is 1. The van der Waals surface area contributed by atoms with Gasteiger partial charge in [0.05, 0.1) is 174 Å². The molecule has 0 bridgehead atoms. The molecule has 0 atom stereocenters. The Morgan fingerprint density at radius 2 is 0.913 bits per heavy atom. The van der Waals surface area contributed by atoms with Gasteiger partial charge in [-0.3, -0.25) is 14.2 Å². The third kappa shape index (κ3) is 22.5. The van der Waals surface area contributed by atoms with E-state index in [9.17, 15) is 19.2 Å². The molecule has 29 nitrogen and oxygen atoms in total. The van der Waals surface area contributed by atoms with Crippen LogP contribution in [-0.4, -0.2) is 160 Å². The zero-order chi connectivity index (χ0) is 84.8. The maximum absolute atomic E-state index is 12.9. The summed E-state index contributed by atoms with van der Waals surface area (Å²) in [4.78, 5) is 66.2. The Bertz CT molecular complexity index is 5190. The molecule has 2 aliphatic rings. The molecule has 0 aliphatic carbocycles. The molecule has 12 rings (SSSR count). The lowest BCUT2D eigenvalue weighted by Gasteiger charge is -2.32. The highest BCUT2D eigenvalue weighted by Gasteiger charge is 2.52. The van der Waals surface area contributed by atoms with Gasteiger partial charge in [0, 0.05) is 69.1 Å². The predicted octanol–water partition coefficient (Wildman–Crippen LogP) is 15.5. The number of nitrogens with two attached hydrogens (primary N) is 1. The molecule has 0 radical (unpaired) electrons. The molecule has 2 aliphatic heterocycles. The number of aromatic nitrogens is 8. The molecule has 0 spiro atoms. The largest absolute Gasteiger partial charge is 0.496 e. The van der Waals surface area contributed by atoms with Gasteiger partial charge >= 0.3 is 25.0 Å². The lowest BCUT2D eigenvalue weighted by Crippen LogP contribution is -2.41. The fourth-order valence-corrected chi connectivity index (χ4v) is 13.6. The van der Waals surface area contributed by atoms with Gasteiger partial charge in [-0.05, 0) is 147 Å². The lowest BCUT2D eigenvalue weighted by molar-refractivity contribution is 0.00578. The van der Waals surface area contributed by atoms with E-state index in [2.05, 4.69) is 66.7 Å². The normalized spacial score (nSPS) is 12.4. The second-order valence-corrected chi connectivity index (χ2v) is 28.4. The molecule has 1 saturated heterocycles. The predicted molar refractivity (Wildman–Crippen MR) is 442 cm³/mol. The third-order valence-electron chi connectivity index (χ3n) is 17.5. The molecule has 1 amide bonds. The number of halogens is 6. The number of methoxy groups -OCH3 is 11. The van der Waals surface area contributed by atoms with E-state index in [0.29, 0.717) is 112 Å². The number of ether oxygens (including phenoxy) is 11. The van der Waals surface area contributed by atoms with Crippen LogP contribution in [0.4, 0.5) is 11.4 Å². The number of hydrogen-bond donors (Lipinski definition) is 1. The van der Waals surface area contributed by atoms with Crippen molar-refractivity contribution in [3.05, 3.63) is 191 Å². The van der Waals surface area contributed by atoms with Crippen LogP contribution in [-0.2, 0) is 48.5 Å². The van der Waals surface area contributed by atoms with Gasteiger partial charge < -0.3 is 72.0 Å². The van der Waals surface area contributed by atoms with Crippen LogP contribution in [0.25, 0.3) is 33.4 Å². The topological polar surface area (TPSA) is 352 Å². The van der Waals surface area contributed by atoms with Gasteiger partial charge in [-0.2, -0.15) is 20.7 Å². The van der Waals surface area contributed by atoms with E-state index >= 15 is 0 Å². The first-order chi connectivity index (χ1) is 54.8. The first-order valence-electron chi connectivity index (χ1n) is 34.1. The SMILES string of the molecule is COC(=O)c1c(C)cc(-c2cnc(OC)c(OC)c2)cc1Cl.COC(=O)c1c(C)cc(Br)cc1Cl.COC(=O)c1c(Cl)cc(-c2cnc(OC)c(OC)c2)cc1CBr.COc1cc(-c2cc(Cl)c3c(c2)CN(c2cnn(CC#N)c2)C3=O)cnc1OC.COc1cc(B2OC(C)(C)C(C)(C)O2)cnc1OC.N#CCn1cc(N)cn1. The number of carbonyl (C=O) groups excluding carboxylic acids is 4. The Labute approximate surface area is 701 Å². The molecule has 115 heavy (non-hydrogen) atoms. The van der Waals surface area contributed by atoms with Crippen molar-refractivity contribution in [1.82, 2.24) is 39.5 Å². The van der Waals surface area contributed by atoms with Gasteiger partial charge in [-0.1, -0.05) is 84.3 Å². The number of benzene rings is 4. The monoisotopic (exact) mass is 1780 g/mol. The van der Waals surface area contributed by atoms with Crippen LogP contribution in [0.2, 0.25) is 20.1 Å². The van der Waals surface area contributed by atoms with Crippen molar-refractivity contribution in [2.45, 2.75) is 77.7 Å². The van der Waals surface area contributed by atoms with Crippen LogP contribution in [0.3, 0.4) is 0 Å². The zero-order valence-electron chi connectivity index (χ0n) is 65.7. The minimum Gasteiger partial charge on any atom is -0.491 e. The number of amides is 1. The highest BCUT2D eigenvalue weighted by molar-refractivity contribution is 9.10. The molecule has 10 aromatic rings. The van der Waals surface area contributed by atoms with Gasteiger partial charge in [0.25, 0.3) is 29.4 Å². The van der Waals surface area contributed by atoms with Crippen LogP contribution in [0.1, 0.15) is 91.4 Å². The Balaban J connectivity index is 0.000000197. The Morgan fingerprint density at radius 3 is 1.33 bits per heavy atom. The summed E-state index contributed by atoms with van der Waals surface area (Å²) in [7, 11) is 15.9.